The normalized spacial score (nSPS) is 14.5. The first kappa shape index (κ1) is 4.21. The highest BCUT2D eigenvalue weighted by molar-refractivity contribution is 7.14. The maximum absolute atomic E-state index is 5.14. The Morgan fingerprint density at radius 1 is 1.75 bits per heavy atom. The number of anilines is 1. The van der Waals surface area contributed by atoms with Gasteiger partial charge in [0.25, 0.3) is 0 Å². The molecular weight excluding hydrogens is 122 g/mol. The standard InChI is InChI=1S/C5H5NOS/c1-2-8-5-4(1)7-3-6-5/h1-2,6H,3H2. The minimum atomic E-state index is 0.641. The summed E-state index contributed by atoms with van der Waals surface area (Å²) in [4.78, 5) is 0. The number of nitrogens with one attached hydrogen (secondary N) is 1. The highest BCUT2D eigenvalue weighted by Gasteiger charge is 2.09. The van der Waals surface area contributed by atoms with Crippen LogP contribution in [-0.2, 0) is 0 Å². The summed E-state index contributed by atoms with van der Waals surface area (Å²) in [6.07, 6.45) is 0. The van der Waals surface area contributed by atoms with E-state index in [4.69, 9.17) is 4.74 Å². The molecule has 0 spiro atoms. The number of rotatable bonds is 0. The molecule has 1 aromatic heterocycles. The topological polar surface area (TPSA) is 21.3 Å². The fourth-order valence-corrected chi connectivity index (χ4v) is 1.43. The number of thiophene rings is 1. The van der Waals surface area contributed by atoms with Crippen molar-refractivity contribution in [2.45, 2.75) is 0 Å². The lowest BCUT2D eigenvalue weighted by Gasteiger charge is -1.86. The van der Waals surface area contributed by atoms with Crippen molar-refractivity contribution in [1.29, 1.82) is 0 Å². The van der Waals surface area contributed by atoms with Gasteiger partial charge in [-0.25, -0.2) is 0 Å². The van der Waals surface area contributed by atoms with Gasteiger partial charge >= 0.3 is 0 Å². The second-order valence-electron chi connectivity index (χ2n) is 1.58. The largest absolute Gasteiger partial charge is 0.470 e. The zero-order valence-corrected chi connectivity index (χ0v) is 4.99. The third-order valence-electron chi connectivity index (χ3n) is 1.09. The molecule has 1 aliphatic rings. The third-order valence-corrected chi connectivity index (χ3v) is 1.94. The third kappa shape index (κ3) is 0.419. The van der Waals surface area contributed by atoms with E-state index in [1.165, 1.54) is 0 Å². The van der Waals surface area contributed by atoms with Gasteiger partial charge in [-0.2, -0.15) is 0 Å². The molecule has 2 nitrogen and oxygen atoms in total. The van der Waals surface area contributed by atoms with E-state index in [0.717, 1.165) is 10.8 Å². The average molecular weight is 127 g/mol. The molecule has 0 aromatic carbocycles. The fourth-order valence-electron chi connectivity index (χ4n) is 0.719. The van der Waals surface area contributed by atoms with Crippen LogP contribution < -0.4 is 10.1 Å². The van der Waals surface area contributed by atoms with E-state index in [2.05, 4.69) is 5.32 Å². The van der Waals surface area contributed by atoms with Gasteiger partial charge in [-0.15, -0.1) is 11.3 Å². The summed E-state index contributed by atoms with van der Waals surface area (Å²) in [6.45, 7) is 0.641. The van der Waals surface area contributed by atoms with E-state index in [1.807, 2.05) is 11.4 Å². The molecule has 8 heavy (non-hydrogen) atoms. The molecule has 0 fully saturated rings. The second kappa shape index (κ2) is 1.39. The van der Waals surface area contributed by atoms with Crippen LogP contribution in [0.1, 0.15) is 0 Å². The molecule has 0 atom stereocenters. The molecule has 0 saturated heterocycles. The molecule has 1 aliphatic heterocycles. The summed E-state index contributed by atoms with van der Waals surface area (Å²) < 4.78 is 5.14. The number of ether oxygens (including phenoxy) is 1. The molecule has 0 bridgehead atoms. The fraction of sp³-hybridized carbons (Fsp3) is 0.200. The molecule has 1 aromatic rings. The zero-order chi connectivity index (χ0) is 5.40. The predicted molar refractivity (Wildman–Crippen MR) is 33.4 cm³/mol. The number of hydrogen-bond acceptors (Lipinski definition) is 3. The lowest BCUT2D eigenvalue weighted by atomic mass is 10.6. The van der Waals surface area contributed by atoms with Gasteiger partial charge in [-0.3, -0.25) is 0 Å². The van der Waals surface area contributed by atoms with Crippen molar-refractivity contribution in [3.63, 3.8) is 0 Å². The van der Waals surface area contributed by atoms with E-state index in [1.54, 1.807) is 11.3 Å². The van der Waals surface area contributed by atoms with Crippen LogP contribution in [-0.4, -0.2) is 6.73 Å². The Kier molecular flexibility index (Phi) is 0.729. The summed E-state index contributed by atoms with van der Waals surface area (Å²) in [5.41, 5.74) is 0. The van der Waals surface area contributed by atoms with Crippen LogP contribution in [0.15, 0.2) is 11.4 Å². The lowest BCUT2D eigenvalue weighted by molar-refractivity contribution is 0.373. The van der Waals surface area contributed by atoms with Gasteiger partial charge in [0.05, 0.1) is 0 Å². The molecule has 0 radical (unpaired) electrons. The number of fused-ring (bicyclic) bond motifs is 1. The Bertz CT molecular complexity index is 178. The van der Waals surface area contributed by atoms with Crippen LogP contribution in [0.4, 0.5) is 5.00 Å². The molecule has 0 amide bonds. The molecule has 0 unspecified atom stereocenters. The lowest BCUT2D eigenvalue weighted by Crippen LogP contribution is -1.96. The molecule has 2 heterocycles. The first-order valence-corrected chi connectivity index (χ1v) is 3.29. The molecule has 2 rings (SSSR count). The van der Waals surface area contributed by atoms with Gasteiger partial charge in [0.1, 0.15) is 5.00 Å². The van der Waals surface area contributed by atoms with Gasteiger partial charge in [-0.05, 0) is 11.4 Å². The van der Waals surface area contributed by atoms with Crippen LogP contribution >= 0.6 is 11.3 Å². The Hall–Kier alpha value is -0.700. The van der Waals surface area contributed by atoms with E-state index in [-0.39, 0.29) is 0 Å². The van der Waals surface area contributed by atoms with Crippen LogP contribution in [0.5, 0.6) is 5.75 Å². The van der Waals surface area contributed by atoms with Gasteiger partial charge in [0, 0.05) is 0 Å². The summed E-state index contributed by atoms with van der Waals surface area (Å²) in [5, 5.41) is 6.24. The van der Waals surface area contributed by atoms with Crippen molar-refractivity contribution >= 4 is 16.3 Å². The molecule has 0 saturated carbocycles. The average Bonchev–Trinajstić information content (AvgIpc) is 2.15. The summed E-state index contributed by atoms with van der Waals surface area (Å²) in [5.74, 6) is 0.995. The quantitative estimate of drug-likeness (QED) is 0.570. The maximum Gasteiger partial charge on any atom is 0.159 e. The van der Waals surface area contributed by atoms with Gasteiger partial charge in [0.15, 0.2) is 12.5 Å². The first-order chi connectivity index (χ1) is 3.97. The van der Waals surface area contributed by atoms with E-state index in [9.17, 15) is 0 Å². The number of hydrogen-bond donors (Lipinski definition) is 1. The molecule has 1 N–H and O–H groups in total. The van der Waals surface area contributed by atoms with E-state index >= 15 is 0 Å². The minimum Gasteiger partial charge on any atom is -0.470 e. The Morgan fingerprint density at radius 2 is 2.75 bits per heavy atom. The van der Waals surface area contributed by atoms with Gasteiger partial charge in [0.2, 0.25) is 0 Å². The van der Waals surface area contributed by atoms with Crippen molar-refractivity contribution in [3.8, 4) is 5.75 Å². The van der Waals surface area contributed by atoms with Crippen LogP contribution in [0.25, 0.3) is 0 Å². The molecule has 42 valence electrons. The summed E-state index contributed by atoms with van der Waals surface area (Å²) in [6, 6.07) is 1.97. The highest BCUT2D eigenvalue weighted by Crippen LogP contribution is 2.33. The second-order valence-corrected chi connectivity index (χ2v) is 2.50. The van der Waals surface area contributed by atoms with Crippen molar-refractivity contribution in [2.24, 2.45) is 0 Å². The monoisotopic (exact) mass is 127 g/mol. The summed E-state index contributed by atoms with van der Waals surface area (Å²) in [7, 11) is 0. The summed E-state index contributed by atoms with van der Waals surface area (Å²) >= 11 is 1.68. The minimum absolute atomic E-state index is 0.641. The molecule has 3 heteroatoms. The maximum atomic E-state index is 5.14. The highest BCUT2D eigenvalue weighted by atomic mass is 32.1. The van der Waals surface area contributed by atoms with Gasteiger partial charge in [-0.1, -0.05) is 0 Å². The SMILES string of the molecule is c1cc2c(s1)NCO2. The molecule has 0 aliphatic carbocycles. The van der Waals surface area contributed by atoms with E-state index in [0.29, 0.717) is 6.73 Å². The van der Waals surface area contributed by atoms with Crippen molar-refractivity contribution in [1.82, 2.24) is 0 Å². The van der Waals surface area contributed by atoms with Crippen molar-refractivity contribution in [3.05, 3.63) is 11.4 Å². The van der Waals surface area contributed by atoms with Crippen LogP contribution in [0.2, 0.25) is 0 Å². The Morgan fingerprint density at radius 3 is 3.62 bits per heavy atom. The van der Waals surface area contributed by atoms with Crippen molar-refractivity contribution < 1.29 is 4.74 Å². The van der Waals surface area contributed by atoms with E-state index < -0.39 is 0 Å². The molecular formula is C5H5NOS. The Balaban J connectivity index is 2.54. The zero-order valence-electron chi connectivity index (χ0n) is 4.18. The first-order valence-electron chi connectivity index (χ1n) is 2.41. The van der Waals surface area contributed by atoms with Gasteiger partial charge < -0.3 is 10.1 Å². The van der Waals surface area contributed by atoms with Crippen LogP contribution in [0.3, 0.4) is 0 Å². The van der Waals surface area contributed by atoms with Crippen molar-refractivity contribution in [2.75, 3.05) is 12.0 Å². The van der Waals surface area contributed by atoms with Crippen LogP contribution in [0, 0.1) is 0 Å². The Labute approximate surface area is 51.1 Å². The predicted octanol–water partition coefficient (Wildman–Crippen LogP) is 1.51. The smallest absolute Gasteiger partial charge is 0.159 e.